The van der Waals surface area contributed by atoms with Crippen molar-refractivity contribution in [3.8, 4) is 0 Å². The summed E-state index contributed by atoms with van der Waals surface area (Å²) in [7, 11) is -4.51. The number of nitrogens with one attached hydrogen (secondary N) is 1. The molecule has 1 aliphatic rings. The van der Waals surface area contributed by atoms with Gasteiger partial charge in [-0.05, 0) is 6.92 Å². The van der Waals surface area contributed by atoms with Gasteiger partial charge in [-0.1, -0.05) is 0 Å². The first-order valence-corrected chi connectivity index (χ1v) is 5.32. The van der Waals surface area contributed by atoms with E-state index in [0.29, 0.717) is 6.42 Å². The van der Waals surface area contributed by atoms with E-state index < -0.39 is 22.4 Å². The summed E-state index contributed by atoms with van der Waals surface area (Å²) in [5.74, 6) is 0. The Morgan fingerprint density at radius 1 is 1.62 bits per heavy atom. The van der Waals surface area contributed by atoms with Crippen molar-refractivity contribution < 1.29 is 22.8 Å². The first kappa shape index (κ1) is 10.9. The van der Waals surface area contributed by atoms with Crippen molar-refractivity contribution in [3.05, 3.63) is 0 Å². The molecular weight excluding hydrogens is 198 g/mol. The van der Waals surface area contributed by atoms with Crippen molar-refractivity contribution in [2.75, 3.05) is 6.61 Å². The number of aliphatic hydroxyl groups is 1. The first-order chi connectivity index (χ1) is 5.88. The summed E-state index contributed by atoms with van der Waals surface area (Å²) in [4.78, 5) is 0. The van der Waals surface area contributed by atoms with Gasteiger partial charge >= 0.3 is 0 Å². The van der Waals surface area contributed by atoms with Crippen molar-refractivity contribution in [2.45, 2.75) is 31.6 Å². The fraction of sp³-hybridized carbons (Fsp3) is 1.00. The summed E-state index contributed by atoms with van der Waals surface area (Å²) in [5.41, 5.74) is 0. The minimum absolute atomic E-state index is 0.0316. The normalized spacial score (nSPS) is 36.1. The Hall–Kier alpha value is -0.210. The van der Waals surface area contributed by atoms with Gasteiger partial charge in [0.2, 0.25) is 0 Å². The minimum Gasteiger partial charge on any atom is -0.735 e. The maximum Gasteiger partial charge on any atom is 0.159 e. The molecule has 0 amide bonds. The Labute approximate surface area is 76.8 Å². The lowest BCUT2D eigenvalue weighted by Gasteiger charge is -2.32. The zero-order valence-electron chi connectivity index (χ0n) is 7.13. The average Bonchev–Trinajstić information content (AvgIpc) is 1.93. The van der Waals surface area contributed by atoms with Gasteiger partial charge in [0.05, 0.1) is 24.9 Å². The fourth-order valence-electron chi connectivity index (χ4n) is 1.25. The van der Waals surface area contributed by atoms with Crippen LogP contribution in [0.3, 0.4) is 0 Å². The topological polar surface area (TPSA) is 98.7 Å². The molecule has 13 heavy (non-hydrogen) atoms. The summed E-state index contributed by atoms with van der Waals surface area (Å²) in [6.07, 6.45) is -0.636. The second kappa shape index (κ2) is 3.89. The lowest BCUT2D eigenvalue weighted by molar-refractivity contribution is -0.0527. The van der Waals surface area contributed by atoms with Crippen molar-refractivity contribution in [1.29, 1.82) is 0 Å². The van der Waals surface area contributed by atoms with Gasteiger partial charge in [0, 0.05) is 6.42 Å². The van der Waals surface area contributed by atoms with Crippen LogP contribution in [-0.4, -0.2) is 42.9 Å². The second-order valence-electron chi connectivity index (χ2n) is 3.13. The van der Waals surface area contributed by atoms with E-state index in [1.165, 1.54) is 0 Å². The third-order valence-electron chi connectivity index (χ3n) is 1.89. The van der Waals surface area contributed by atoms with E-state index >= 15 is 0 Å². The quantitative estimate of drug-likeness (QED) is 0.545. The highest BCUT2D eigenvalue weighted by molar-refractivity contribution is 7.83. The molecule has 1 heterocycles. The molecule has 0 aromatic carbocycles. The molecule has 0 aliphatic carbocycles. The van der Waals surface area contributed by atoms with Gasteiger partial charge in [-0.25, -0.2) is 13.1 Å². The molecule has 1 aliphatic heterocycles. The Kier molecular flexibility index (Phi) is 3.25. The van der Waals surface area contributed by atoms with Gasteiger partial charge in [-0.3, -0.25) is 0 Å². The number of ether oxygens (including phenoxy) is 1. The predicted molar refractivity (Wildman–Crippen MR) is 42.7 cm³/mol. The molecular formula is C6H12NO5S-. The lowest BCUT2D eigenvalue weighted by Crippen LogP contribution is -2.50. The highest BCUT2D eigenvalue weighted by Gasteiger charge is 2.28. The second-order valence-corrected chi connectivity index (χ2v) is 4.27. The molecule has 78 valence electrons. The van der Waals surface area contributed by atoms with Crippen LogP contribution in [0.15, 0.2) is 0 Å². The molecule has 0 radical (unpaired) electrons. The molecule has 3 atom stereocenters. The van der Waals surface area contributed by atoms with Gasteiger partial charge in [0.15, 0.2) is 10.3 Å². The molecule has 1 saturated heterocycles. The Morgan fingerprint density at radius 3 is 2.69 bits per heavy atom. The smallest absolute Gasteiger partial charge is 0.159 e. The summed E-state index contributed by atoms with van der Waals surface area (Å²) < 4.78 is 37.7. The van der Waals surface area contributed by atoms with Crippen molar-refractivity contribution >= 4 is 10.3 Å². The zero-order chi connectivity index (χ0) is 10.1. The van der Waals surface area contributed by atoms with Crippen LogP contribution in [0, 0.1) is 0 Å². The van der Waals surface area contributed by atoms with Gasteiger partial charge in [0.25, 0.3) is 0 Å². The Morgan fingerprint density at radius 2 is 2.23 bits per heavy atom. The largest absolute Gasteiger partial charge is 0.735 e. The maximum absolute atomic E-state index is 10.3. The molecule has 7 heteroatoms. The van der Waals surface area contributed by atoms with E-state index in [4.69, 9.17) is 4.74 Å². The molecule has 3 unspecified atom stereocenters. The lowest BCUT2D eigenvalue weighted by atomic mass is 10.0. The highest BCUT2D eigenvalue weighted by Crippen LogP contribution is 2.14. The molecule has 0 bridgehead atoms. The van der Waals surface area contributed by atoms with Crippen LogP contribution in [0.2, 0.25) is 0 Å². The van der Waals surface area contributed by atoms with Crippen molar-refractivity contribution in [2.24, 2.45) is 0 Å². The van der Waals surface area contributed by atoms with E-state index in [9.17, 15) is 18.1 Å². The molecule has 0 spiro atoms. The maximum atomic E-state index is 10.3. The van der Waals surface area contributed by atoms with E-state index in [0.717, 1.165) is 0 Å². The van der Waals surface area contributed by atoms with Crippen molar-refractivity contribution in [3.63, 3.8) is 0 Å². The predicted octanol–water partition coefficient (Wildman–Crippen LogP) is -1.43. The standard InChI is InChI=1S/C6H13NO5S/c1-4-2-6(8)5(3-12-4)7-13(9,10)11/h4-8H,2-3H2,1H3,(H,9,10,11)/p-1. The molecule has 1 fully saturated rings. The average molecular weight is 210 g/mol. The van der Waals surface area contributed by atoms with Crippen LogP contribution >= 0.6 is 0 Å². The van der Waals surface area contributed by atoms with Gasteiger partial charge in [-0.15, -0.1) is 0 Å². The van der Waals surface area contributed by atoms with Crippen LogP contribution in [0.25, 0.3) is 0 Å². The Balaban J connectivity index is 2.52. The number of aliphatic hydroxyl groups excluding tert-OH is 1. The molecule has 1 rings (SSSR count). The van der Waals surface area contributed by atoms with Gasteiger partial charge in [0.1, 0.15) is 0 Å². The number of hydrogen-bond donors (Lipinski definition) is 2. The van der Waals surface area contributed by atoms with E-state index in [1.54, 1.807) is 11.6 Å². The molecule has 0 aromatic rings. The van der Waals surface area contributed by atoms with Gasteiger partial charge in [-0.2, -0.15) is 0 Å². The molecule has 2 N–H and O–H groups in total. The monoisotopic (exact) mass is 210 g/mol. The van der Waals surface area contributed by atoms with Crippen LogP contribution < -0.4 is 4.72 Å². The summed E-state index contributed by atoms with van der Waals surface area (Å²) >= 11 is 0. The zero-order valence-corrected chi connectivity index (χ0v) is 7.95. The molecule has 0 aromatic heterocycles. The third-order valence-corrected chi connectivity index (χ3v) is 2.49. The minimum atomic E-state index is -4.51. The SMILES string of the molecule is CC1CC(O)C(NS(=O)(=O)[O-])CO1. The molecule has 6 nitrogen and oxygen atoms in total. The first-order valence-electron chi connectivity index (χ1n) is 3.91. The van der Waals surface area contributed by atoms with Crippen molar-refractivity contribution in [1.82, 2.24) is 4.72 Å². The summed E-state index contributed by atoms with van der Waals surface area (Å²) in [6.45, 7) is 1.80. The van der Waals surface area contributed by atoms with E-state index in [1.807, 2.05) is 0 Å². The van der Waals surface area contributed by atoms with Crippen LogP contribution in [0.1, 0.15) is 13.3 Å². The number of hydrogen-bond acceptors (Lipinski definition) is 5. The van der Waals surface area contributed by atoms with Crippen LogP contribution in [0.5, 0.6) is 0 Å². The Bertz CT molecular complexity index is 264. The third kappa shape index (κ3) is 3.57. The van der Waals surface area contributed by atoms with Crippen LogP contribution in [0.4, 0.5) is 0 Å². The van der Waals surface area contributed by atoms with Gasteiger partial charge < -0.3 is 14.4 Å². The van der Waals surface area contributed by atoms with Crippen LogP contribution in [-0.2, 0) is 15.0 Å². The molecule has 0 saturated carbocycles. The van der Waals surface area contributed by atoms with E-state index in [2.05, 4.69) is 0 Å². The fourth-order valence-corrected chi connectivity index (χ4v) is 1.85. The summed E-state index contributed by atoms with van der Waals surface area (Å²) in [5, 5.41) is 9.36. The van der Waals surface area contributed by atoms with E-state index in [-0.39, 0.29) is 12.7 Å². The number of rotatable bonds is 2. The highest BCUT2D eigenvalue weighted by atomic mass is 32.2. The summed E-state index contributed by atoms with van der Waals surface area (Å²) in [6, 6.07) is -0.821.